The van der Waals surface area contributed by atoms with Crippen molar-refractivity contribution in [2.24, 2.45) is 22.4 Å². The van der Waals surface area contributed by atoms with Gasteiger partial charge in [0.2, 0.25) is 11.7 Å². The lowest BCUT2D eigenvalue weighted by molar-refractivity contribution is 0.181. The fourth-order valence-corrected chi connectivity index (χ4v) is 3.45. The molecule has 8 heteroatoms. The Balaban J connectivity index is 1.42. The van der Waals surface area contributed by atoms with E-state index in [2.05, 4.69) is 37.6 Å². The first-order valence-electron chi connectivity index (χ1n) is 8.66. The van der Waals surface area contributed by atoms with Crippen LogP contribution < -0.4 is 27.2 Å². The molecule has 0 amide bonds. The standard InChI is InChI=1S/C16H26N8/c1-11-9-24(7-6-23(11)10-12-2-3-12)14-5-4-13(8-19-14)16(18)20-15(17)21-22-16/h4-5,8,11-12,22H,2-3,6-7,9-10,18H2,1H3,(H3,17,20,21). The van der Waals surface area contributed by atoms with Crippen LogP contribution >= 0.6 is 0 Å². The fourth-order valence-electron chi connectivity index (χ4n) is 3.45. The topological polar surface area (TPSA) is 108 Å². The van der Waals surface area contributed by atoms with Crippen LogP contribution in [0.25, 0.3) is 0 Å². The normalized spacial score (nSPS) is 31.0. The summed E-state index contributed by atoms with van der Waals surface area (Å²) >= 11 is 0. The summed E-state index contributed by atoms with van der Waals surface area (Å²) in [6.45, 7) is 6.70. The Kier molecular flexibility index (Phi) is 3.82. The van der Waals surface area contributed by atoms with Crippen LogP contribution in [0.5, 0.6) is 0 Å². The Hall–Kier alpha value is -1.90. The number of nitrogens with one attached hydrogen (secondary N) is 2. The van der Waals surface area contributed by atoms with E-state index in [-0.39, 0.29) is 5.96 Å². The molecule has 2 atom stereocenters. The van der Waals surface area contributed by atoms with Gasteiger partial charge in [0, 0.05) is 44.0 Å². The minimum absolute atomic E-state index is 0.280. The molecule has 3 heterocycles. The lowest BCUT2D eigenvalue weighted by Gasteiger charge is -2.40. The van der Waals surface area contributed by atoms with Crippen molar-refractivity contribution in [2.45, 2.75) is 31.6 Å². The van der Waals surface area contributed by atoms with E-state index >= 15 is 0 Å². The van der Waals surface area contributed by atoms with Gasteiger partial charge in [-0.1, -0.05) is 0 Å². The second kappa shape index (κ2) is 5.87. The number of guanidine groups is 1. The van der Waals surface area contributed by atoms with Gasteiger partial charge in [-0.15, -0.1) is 0 Å². The Bertz CT molecular complexity index is 625. The summed E-state index contributed by atoms with van der Waals surface area (Å²) in [5, 5.41) is 0. The second-order valence-corrected chi connectivity index (χ2v) is 7.15. The van der Waals surface area contributed by atoms with Crippen molar-refractivity contribution in [3.8, 4) is 0 Å². The zero-order chi connectivity index (χ0) is 16.7. The largest absolute Gasteiger partial charge is 0.369 e. The van der Waals surface area contributed by atoms with Gasteiger partial charge in [-0.3, -0.25) is 16.1 Å². The highest BCUT2D eigenvalue weighted by molar-refractivity contribution is 5.79. The highest BCUT2D eigenvalue weighted by atomic mass is 15.6. The zero-order valence-corrected chi connectivity index (χ0v) is 14.1. The summed E-state index contributed by atoms with van der Waals surface area (Å²) < 4.78 is 0. The number of rotatable bonds is 4. The molecule has 3 aliphatic rings. The zero-order valence-electron chi connectivity index (χ0n) is 14.1. The molecular weight excluding hydrogens is 304 g/mol. The maximum Gasteiger partial charge on any atom is 0.210 e. The molecule has 2 fully saturated rings. The third kappa shape index (κ3) is 3.04. The lowest BCUT2D eigenvalue weighted by Crippen LogP contribution is -2.52. The first-order valence-corrected chi connectivity index (χ1v) is 8.66. The van der Waals surface area contributed by atoms with Gasteiger partial charge in [-0.25, -0.2) is 9.98 Å². The third-order valence-electron chi connectivity index (χ3n) is 5.14. The average Bonchev–Trinajstić information content (AvgIpc) is 3.32. The van der Waals surface area contributed by atoms with E-state index < -0.39 is 5.79 Å². The summed E-state index contributed by atoms with van der Waals surface area (Å²) in [5.74, 6) is 1.16. The molecule has 0 radical (unpaired) electrons. The van der Waals surface area contributed by atoms with Crippen molar-refractivity contribution < 1.29 is 0 Å². The molecule has 2 unspecified atom stereocenters. The van der Waals surface area contributed by atoms with E-state index in [0.717, 1.165) is 36.9 Å². The smallest absolute Gasteiger partial charge is 0.210 e. The van der Waals surface area contributed by atoms with Crippen molar-refractivity contribution in [1.82, 2.24) is 20.7 Å². The van der Waals surface area contributed by atoms with E-state index in [1.165, 1.54) is 19.4 Å². The molecule has 0 bridgehead atoms. The molecule has 0 spiro atoms. The minimum Gasteiger partial charge on any atom is -0.369 e. The molecule has 1 aliphatic carbocycles. The van der Waals surface area contributed by atoms with Crippen LogP contribution in [0.2, 0.25) is 0 Å². The minimum atomic E-state index is -1.05. The Labute approximate surface area is 142 Å². The molecule has 6 N–H and O–H groups in total. The number of nitrogens with two attached hydrogens (primary N) is 2. The number of hydrogen-bond donors (Lipinski definition) is 4. The summed E-state index contributed by atoms with van der Waals surface area (Å²) in [6.07, 6.45) is 4.59. The molecule has 24 heavy (non-hydrogen) atoms. The predicted molar refractivity (Wildman–Crippen MR) is 94.0 cm³/mol. The highest BCUT2D eigenvalue weighted by Crippen LogP contribution is 2.31. The Morgan fingerprint density at radius 2 is 2.17 bits per heavy atom. The summed E-state index contributed by atoms with van der Waals surface area (Å²) in [7, 11) is 0. The molecule has 1 saturated carbocycles. The van der Waals surface area contributed by atoms with Gasteiger partial charge in [0.1, 0.15) is 5.82 Å². The molecule has 4 rings (SSSR count). The number of anilines is 1. The monoisotopic (exact) mass is 330 g/mol. The lowest BCUT2D eigenvalue weighted by atomic mass is 10.1. The maximum absolute atomic E-state index is 6.19. The van der Waals surface area contributed by atoms with Crippen LogP contribution in [0.1, 0.15) is 25.3 Å². The van der Waals surface area contributed by atoms with Crippen LogP contribution in [0.15, 0.2) is 23.3 Å². The number of piperazine rings is 1. The van der Waals surface area contributed by atoms with Gasteiger partial charge in [0.15, 0.2) is 0 Å². The molecule has 1 saturated heterocycles. The first kappa shape index (κ1) is 15.6. The average molecular weight is 330 g/mol. The fraction of sp³-hybridized carbons (Fsp3) is 0.625. The van der Waals surface area contributed by atoms with E-state index in [4.69, 9.17) is 11.5 Å². The van der Waals surface area contributed by atoms with Crippen LogP contribution in [0.3, 0.4) is 0 Å². The quantitative estimate of drug-likeness (QED) is 0.589. The van der Waals surface area contributed by atoms with Gasteiger partial charge >= 0.3 is 0 Å². The van der Waals surface area contributed by atoms with E-state index in [9.17, 15) is 0 Å². The number of pyridine rings is 1. The van der Waals surface area contributed by atoms with Crippen molar-refractivity contribution in [1.29, 1.82) is 0 Å². The van der Waals surface area contributed by atoms with Crippen LogP contribution in [-0.4, -0.2) is 48.1 Å². The highest BCUT2D eigenvalue weighted by Gasteiger charge is 2.33. The van der Waals surface area contributed by atoms with Gasteiger partial charge in [-0.05, 0) is 37.8 Å². The molecule has 8 nitrogen and oxygen atoms in total. The van der Waals surface area contributed by atoms with E-state index in [1.807, 2.05) is 12.1 Å². The molecular formula is C16H26N8. The summed E-state index contributed by atoms with van der Waals surface area (Å²) in [4.78, 5) is 13.7. The number of nitrogens with zero attached hydrogens (tertiary/aromatic N) is 4. The van der Waals surface area contributed by atoms with Gasteiger partial charge < -0.3 is 10.6 Å². The molecule has 1 aromatic rings. The first-order chi connectivity index (χ1) is 11.5. The van der Waals surface area contributed by atoms with Gasteiger partial charge in [0.25, 0.3) is 0 Å². The van der Waals surface area contributed by atoms with Crippen LogP contribution in [0.4, 0.5) is 5.82 Å². The summed E-state index contributed by atoms with van der Waals surface area (Å²) in [5.41, 5.74) is 18.2. The van der Waals surface area contributed by atoms with E-state index in [0.29, 0.717) is 6.04 Å². The summed E-state index contributed by atoms with van der Waals surface area (Å²) in [6, 6.07) is 4.53. The van der Waals surface area contributed by atoms with Crippen LogP contribution in [0, 0.1) is 5.92 Å². The SMILES string of the molecule is CC1CN(c2ccc(C3(N)N=C(N)NN3)cn2)CCN1CC1CC1. The van der Waals surface area contributed by atoms with Gasteiger partial charge in [0.05, 0.1) is 0 Å². The molecule has 130 valence electrons. The van der Waals surface area contributed by atoms with Crippen molar-refractivity contribution in [3.05, 3.63) is 23.9 Å². The second-order valence-electron chi connectivity index (χ2n) is 7.15. The van der Waals surface area contributed by atoms with E-state index in [1.54, 1.807) is 6.20 Å². The van der Waals surface area contributed by atoms with Crippen LogP contribution in [-0.2, 0) is 5.79 Å². The van der Waals surface area contributed by atoms with Crippen molar-refractivity contribution >= 4 is 11.8 Å². The molecule has 1 aromatic heterocycles. The van der Waals surface area contributed by atoms with Gasteiger partial charge in [-0.2, -0.15) is 5.43 Å². The molecule has 2 aliphatic heterocycles. The predicted octanol–water partition coefficient (Wildman–Crippen LogP) is -0.506. The van der Waals surface area contributed by atoms with Crippen molar-refractivity contribution in [2.75, 3.05) is 31.1 Å². The number of hydrazine groups is 1. The number of aliphatic imine (C=N–C) groups is 1. The maximum atomic E-state index is 6.19. The Morgan fingerprint density at radius 1 is 1.33 bits per heavy atom. The third-order valence-corrected chi connectivity index (χ3v) is 5.14. The van der Waals surface area contributed by atoms with Crippen molar-refractivity contribution in [3.63, 3.8) is 0 Å². The number of aromatic nitrogens is 1. The molecule has 0 aromatic carbocycles. The number of hydrogen-bond acceptors (Lipinski definition) is 8. The Morgan fingerprint density at radius 3 is 2.75 bits per heavy atom.